The first-order valence-corrected chi connectivity index (χ1v) is 7.43. The molecular formula is C15H24N2O3. The molecule has 0 aromatic carbocycles. The molecule has 2 heterocycles. The second kappa shape index (κ2) is 7.45. The Hall–Kier alpha value is -1.33. The van der Waals surface area contributed by atoms with Crippen LogP contribution in [0.2, 0.25) is 0 Å². The summed E-state index contributed by atoms with van der Waals surface area (Å²) < 4.78 is 5.24. The first-order valence-electron chi connectivity index (χ1n) is 7.43. The smallest absolute Gasteiger partial charge is 0.221 e. The molecule has 1 aliphatic heterocycles. The molecule has 5 heteroatoms. The molecule has 1 aliphatic rings. The molecule has 112 valence electrons. The third-order valence-electron chi connectivity index (χ3n) is 3.87. The fraction of sp³-hybridized carbons (Fsp3) is 0.667. The molecule has 2 N–H and O–H groups in total. The van der Waals surface area contributed by atoms with E-state index in [1.807, 2.05) is 6.92 Å². The molecule has 2 atom stereocenters. The van der Waals surface area contributed by atoms with Crippen molar-refractivity contribution >= 4 is 5.91 Å². The molecule has 0 radical (unpaired) electrons. The van der Waals surface area contributed by atoms with Gasteiger partial charge in [-0.05, 0) is 44.9 Å². The Balaban J connectivity index is 1.80. The van der Waals surface area contributed by atoms with Gasteiger partial charge in [-0.2, -0.15) is 0 Å². The summed E-state index contributed by atoms with van der Waals surface area (Å²) in [6.45, 7) is 4.38. The minimum atomic E-state index is -0.555. The number of amides is 1. The summed E-state index contributed by atoms with van der Waals surface area (Å²) in [5.41, 5.74) is 0. The van der Waals surface area contributed by atoms with E-state index in [1.54, 1.807) is 18.4 Å². The standard InChI is InChI=1S/C15H24N2O3/c1-2-16-15(19)7-9-17-8-3-5-12(17)11-13(18)14-6-4-10-20-14/h4,6,10,12-13,18H,2-3,5,7-9,11H2,1H3,(H,16,19). The van der Waals surface area contributed by atoms with Crippen molar-refractivity contribution in [2.75, 3.05) is 19.6 Å². The van der Waals surface area contributed by atoms with Gasteiger partial charge in [-0.1, -0.05) is 0 Å². The van der Waals surface area contributed by atoms with Crippen LogP contribution in [0.3, 0.4) is 0 Å². The van der Waals surface area contributed by atoms with E-state index in [0.29, 0.717) is 31.2 Å². The number of hydrogen-bond acceptors (Lipinski definition) is 4. The molecule has 0 saturated carbocycles. The van der Waals surface area contributed by atoms with Crippen LogP contribution in [0.1, 0.15) is 44.5 Å². The molecule has 0 bridgehead atoms. The summed E-state index contributed by atoms with van der Waals surface area (Å²) >= 11 is 0. The number of furan rings is 1. The molecule has 1 fully saturated rings. The van der Waals surface area contributed by atoms with Gasteiger partial charge in [-0.15, -0.1) is 0 Å². The molecule has 2 rings (SSSR count). The molecule has 0 spiro atoms. The summed E-state index contributed by atoms with van der Waals surface area (Å²) in [5.74, 6) is 0.727. The van der Waals surface area contributed by atoms with Gasteiger partial charge < -0.3 is 14.8 Å². The summed E-state index contributed by atoms with van der Waals surface area (Å²) in [7, 11) is 0. The molecule has 1 aromatic rings. The molecule has 5 nitrogen and oxygen atoms in total. The van der Waals surface area contributed by atoms with Crippen molar-refractivity contribution in [1.82, 2.24) is 10.2 Å². The topological polar surface area (TPSA) is 65.7 Å². The largest absolute Gasteiger partial charge is 0.467 e. The lowest BCUT2D eigenvalue weighted by Crippen LogP contribution is -2.35. The van der Waals surface area contributed by atoms with Gasteiger partial charge in [0.25, 0.3) is 0 Å². The predicted octanol–water partition coefficient (Wildman–Crippen LogP) is 1.69. The molecule has 2 unspecified atom stereocenters. The summed E-state index contributed by atoms with van der Waals surface area (Å²) in [6.07, 6.45) is 4.43. The zero-order valence-corrected chi connectivity index (χ0v) is 12.0. The van der Waals surface area contributed by atoms with Crippen LogP contribution < -0.4 is 5.32 Å². The number of nitrogens with one attached hydrogen (secondary N) is 1. The predicted molar refractivity (Wildman–Crippen MR) is 76.2 cm³/mol. The van der Waals surface area contributed by atoms with Crippen molar-refractivity contribution in [2.24, 2.45) is 0 Å². The minimum Gasteiger partial charge on any atom is -0.467 e. The van der Waals surface area contributed by atoms with Crippen molar-refractivity contribution in [2.45, 2.75) is 44.8 Å². The summed E-state index contributed by atoms with van der Waals surface area (Å²) in [5, 5.41) is 13.0. The zero-order valence-electron chi connectivity index (χ0n) is 12.0. The van der Waals surface area contributed by atoms with E-state index in [-0.39, 0.29) is 5.91 Å². The van der Waals surface area contributed by atoms with Gasteiger partial charge in [0, 0.05) is 25.6 Å². The number of aliphatic hydroxyl groups is 1. The van der Waals surface area contributed by atoms with E-state index in [4.69, 9.17) is 4.42 Å². The minimum absolute atomic E-state index is 0.102. The van der Waals surface area contributed by atoms with Crippen molar-refractivity contribution < 1.29 is 14.3 Å². The van der Waals surface area contributed by atoms with Gasteiger partial charge in [0.15, 0.2) is 0 Å². The van der Waals surface area contributed by atoms with Crippen LogP contribution in [-0.4, -0.2) is 41.6 Å². The highest BCUT2D eigenvalue weighted by Crippen LogP contribution is 2.27. The monoisotopic (exact) mass is 280 g/mol. The average Bonchev–Trinajstić information content (AvgIpc) is 3.08. The lowest BCUT2D eigenvalue weighted by atomic mass is 10.1. The Kier molecular flexibility index (Phi) is 5.61. The summed E-state index contributed by atoms with van der Waals surface area (Å²) in [6, 6.07) is 3.93. The summed E-state index contributed by atoms with van der Waals surface area (Å²) in [4.78, 5) is 13.8. The molecule has 1 aromatic heterocycles. The van der Waals surface area contributed by atoms with Crippen molar-refractivity contribution in [3.05, 3.63) is 24.2 Å². The lowest BCUT2D eigenvalue weighted by Gasteiger charge is -2.25. The Bertz CT molecular complexity index is 405. The van der Waals surface area contributed by atoms with Gasteiger partial charge in [-0.25, -0.2) is 0 Å². The third kappa shape index (κ3) is 4.08. The van der Waals surface area contributed by atoms with Crippen LogP contribution in [0.5, 0.6) is 0 Å². The maximum Gasteiger partial charge on any atom is 0.221 e. The number of carbonyl (C=O) groups excluding carboxylic acids is 1. The number of likely N-dealkylation sites (tertiary alicyclic amines) is 1. The number of aliphatic hydroxyl groups excluding tert-OH is 1. The zero-order chi connectivity index (χ0) is 14.4. The Labute approximate surface area is 119 Å². The number of carbonyl (C=O) groups is 1. The highest BCUT2D eigenvalue weighted by Gasteiger charge is 2.27. The Morgan fingerprint density at radius 3 is 3.20 bits per heavy atom. The van der Waals surface area contributed by atoms with E-state index >= 15 is 0 Å². The van der Waals surface area contributed by atoms with E-state index in [9.17, 15) is 9.90 Å². The van der Waals surface area contributed by atoms with E-state index in [1.165, 1.54) is 0 Å². The average molecular weight is 280 g/mol. The first-order chi connectivity index (χ1) is 9.70. The van der Waals surface area contributed by atoms with E-state index < -0.39 is 6.10 Å². The quantitative estimate of drug-likeness (QED) is 0.798. The van der Waals surface area contributed by atoms with Gasteiger partial charge in [0.05, 0.1) is 6.26 Å². The van der Waals surface area contributed by atoms with Crippen LogP contribution in [-0.2, 0) is 4.79 Å². The van der Waals surface area contributed by atoms with Crippen LogP contribution in [0.4, 0.5) is 0 Å². The molecular weight excluding hydrogens is 256 g/mol. The second-order valence-corrected chi connectivity index (χ2v) is 5.30. The fourth-order valence-corrected chi connectivity index (χ4v) is 2.84. The Morgan fingerprint density at radius 1 is 1.65 bits per heavy atom. The highest BCUT2D eigenvalue weighted by atomic mass is 16.4. The van der Waals surface area contributed by atoms with E-state index in [0.717, 1.165) is 25.9 Å². The number of rotatable bonds is 7. The van der Waals surface area contributed by atoms with Crippen LogP contribution in [0.25, 0.3) is 0 Å². The van der Waals surface area contributed by atoms with Crippen molar-refractivity contribution in [3.63, 3.8) is 0 Å². The third-order valence-corrected chi connectivity index (χ3v) is 3.87. The van der Waals surface area contributed by atoms with Gasteiger partial charge >= 0.3 is 0 Å². The maximum absolute atomic E-state index is 11.5. The lowest BCUT2D eigenvalue weighted by molar-refractivity contribution is -0.121. The van der Waals surface area contributed by atoms with Gasteiger partial charge in [0.1, 0.15) is 11.9 Å². The van der Waals surface area contributed by atoms with Gasteiger partial charge in [0.2, 0.25) is 5.91 Å². The van der Waals surface area contributed by atoms with Crippen LogP contribution >= 0.6 is 0 Å². The van der Waals surface area contributed by atoms with E-state index in [2.05, 4.69) is 10.2 Å². The SMILES string of the molecule is CCNC(=O)CCN1CCCC1CC(O)c1ccco1. The Morgan fingerprint density at radius 2 is 2.50 bits per heavy atom. The molecule has 20 heavy (non-hydrogen) atoms. The molecule has 1 saturated heterocycles. The fourth-order valence-electron chi connectivity index (χ4n) is 2.84. The number of hydrogen-bond donors (Lipinski definition) is 2. The normalized spacial score (nSPS) is 21.0. The highest BCUT2D eigenvalue weighted by molar-refractivity contribution is 5.75. The number of nitrogens with zero attached hydrogens (tertiary/aromatic N) is 1. The maximum atomic E-state index is 11.5. The van der Waals surface area contributed by atoms with Crippen molar-refractivity contribution in [1.29, 1.82) is 0 Å². The molecule has 0 aliphatic carbocycles. The molecule has 1 amide bonds. The van der Waals surface area contributed by atoms with Crippen LogP contribution in [0.15, 0.2) is 22.8 Å². The first kappa shape index (κ1) is 15.1. The van der Waals surface area contributed by atoms with Crippen LogP contribution in [0, 0.1) is 0 Å². The second-order valence-electron chi connectivity index (χ2n) is 5.30. The van der Waals surface area contributed by atoms with Crippen molar-refractivity contribution in [3.8, 4) is 0 Å². The van der Waals surface area contributed by atoms with Gasteiger partial charge in [-0.3, -0.25) is 9.69 Å².